The van der Waals surface area contributed by atoms with Gasteiger partial charge in [0.25, 0.3) is 5.91 Å². The Labute approximate surface area is 175 Å². The maximum Gasteiger partial charge on any atom is 0.253 e. The third kappa shape index (κ3) is 2.83. The summed E-state index contributed by atoms with van der Waals surface area (Å²) in [6, 6.07) is 11.7. The van der Waals surface area contributed by atoms with Gasteiger partial charge >= 0.3 is 0 Å². The number of nitrogens with zero attached hydrogens (tertiary/aromatic N) is 3. The van der Waals surface area contributed by atoms with Crippen LogP contribution in [-0.4, -0.2) is 41.8 Å². The van der Waals surface area contributed by atoms with E-state index in [4.69, 9.17) is 5.73 Å². The summed E-state index contributed by atoms with van der Waals surface area (Å²) in [5.74, 6) is 1.20. The maximum atomic E-state index is 12.9. The number of rotatable bonds is 3. The van der Waals surface area contributed by atoms with Gasteiger partial charge in [0.2, 0.25) is 5.91 Å². The summed E-state index contributed by atoms with van der Waals surface area (Å²) in [5.41, 5.74) is 10.6. The lowest BCUT2D eigenvalue weighted by atomic mass is 9.94. The van der Waals surface area contributed by atoms with E-state index in [-0.39, 0.29) is 11.8 Å². The Morgan fingerprint density at radius 3 is 2.73 bits per heavy atom. The Bertz CT molecular complexity index is 1200. The topological polar surface area (TPSA) is 79.5 Å². The first-order chi connectivity index (χ1) is 14.5. The molecule has 0 spiro atoms. The number of carbonyl (C=O) groups is 2. The summed E-state index contributed by atoms with van der Waals surface area (Å²) in [7, 11) is 1.80. The molecule has 1 fully saturated rings. The minimum Gasteiger partial charge on any atom is -0.383 e. The van der Waals surface area contributed by atoms with Crippen LogP contribution in [0.15, 0.2) is 42.6 Å². The van der Waals surface area contributed by atoms with Gasteiger partial charge in [-0.05, 0) is 59.2 Å². The molecule has 6 heteroatoms. The van der Waals surface area contributed by atoms with Gasteiger partial charge in [-0.2, -0.15) is 0 Å². The number of fused-ring (bicyclic) bond motifs is 2. The zero-order valence-corrected chi connectivity index (χ0v) is 17.2. The fourth-order valence-electron chi connectivity index (χ4n) is 4.44. The number of likely N-dealkylation sites (tertiary alicyclic amines) is 1. The third-order valence-corrected chi connectivity index (χ3v) is 6.45. The van der Waals surface area contributed by atoms with Crippen LogP contribution in [0.3, 0.4) is 0 Å². The van der Waals surface area contributed by atoms with Gasteiger partial charge in [-0.3, -0.25) is 9.59 Å². The molecule has 1 aromatic heterocycles. The second kappa shape index (κ2) is 6.83. The normalized spacial score (nSPS) is 16.1. The van der Waals surface area contributed by atoms with Crippen LogP contribution in [0.5, 0.6) is 0 Å². The van der Waals surface area contributed by atoms with E-state index in [9.17, 15) is 9.59 Å². The zero-order valence-electron chi connectivity index (χ0n) is 17.2. The molecule has 5 rings (SSSR count). The van der Waals surface area contributed by atoms with Gasteiger partial charge in [-0.15, -0.1) is 0 Å². The second-order valence-electron chi connectivity index (χ2n) is 8.27. The van der Waals surface area contributed by atoms with Gasteiger partial charge in [0.1, 0.15) is 5.82 Å². The molecule has 0 unspecified atom stereocenters. The fraction of sp³-hybridized carbons (Fsp3) is 0.292. The van der Waals surface area contributed by atoms with Crippen molar-refractivity contribution in [3.63, 3.8) is 0 Å². The van der Waals surface area contributed by atoms with Crippen LogP contribution in [0, 0.1) is 5.92 Å². The Kier molecular flexibility index (Phi) is 4.24. The van der Waals surface area contributed by atoms with Gasteiger partial charge in [0, 0.05) is 48.5 Å². The number of anilines is 2. The van der Waals surface area contributed by atoms with Crippen LogP contribution >= 0.6 is 0 Å². The predicted octanol–water partition coefficient (Wildman–Crippen LogP) is 3.48. The fourth-order valence-corrected chi connectivity index (χ4v) is 4.44. The van der Waals surface area contributed by atoms with E-state index in [0.717, 1.165) is 52.7 Å². The van der Waals surface area contributed by atoms with E-state index in [1.165, 1.54) is 0 Å². The van der Waals surface area contributed by atoms with Crippen LogP contribution in [0.25, 0.3) is 21.9 Å². The maximum absolute atomic E-state index is 12.9. The van der Waals surface area contributed by atoms with Crippen molar-refractivity contribution in [1.82, 2.24) is 9.88 Å². The quantitative estimate of drug-likeness (QED) is 0.730. The van der Waals surface area contributed by atoms with Crippen LogP contribution < -0.4 is 10.6 Å². The molecule has 2 aliphatic heterocycles. The summed E-state index contributed by atoms with van der Waals surface area (Å²) in [4.78, 5) is 32.9. The highest BCUT2D eigenvalue weighted by atomic mass is 16.2. The molecule has 0 saturated carbocycles. The first kappa shape index (κ1) is 18.6. The second-order valence-corrected chi connectivity index (χ2v) is 8.27. The molecule has 2 aromatic carbocycles. The molecule has 2 amide bonds. The van der Waals surface area contributed by atoms with Crippen molar-refractivity contribution in [3.8, 4) is 11.1 Å². The third-order valence-electron chi connectivity index (χ3n) is 6.45. The Morgan fingerprint density at radius 2 is 1.97 bits per heavy atom. The molecule has 30 heavy (non-hydrogen) atoms. The van der Waals surface area contributed by atoms with Gasteiger partial charge in [0.15, 0.2) is 0 Å². The molecule has 1 saturated heterocycles. The standard InChI is InChI=1S/C24H24N4O2/c1-3-14-12-28(13-14)24(30)16-4-6-18-19(9-16)20(11-26-23(18)25)15-5-7-21-17(8-15)10-22(29)27(21)2/h4-9,11,14H,3,10,12-13H2,1-2H3,(H2,25,26). The molecule has 3 aromatic rings. The lowest BCUT2D eigenvalue weighted by molar-refractivity contribution is -0.117. The van der Waals surface area contributed by atoms with Crippen molar-refractivity contribution in [2.45, 2.75) is 19.8 Å². The van der Waals surface area contributed by atoms with E-state index in [1.807, 2.05) is 41.3 Å². The van der Waals surface area contributed by atoms with Crippen molar-refractivity contribution in [1.29, 1.82) is 0 Å². The Balaban J connectivity index is 1.58. The first-order valence-electron chi connectivity index (χ1n) is 10.3. The van der Waals surface area contributed by atoms with E-state index < -0.39 is 0 Å². The number of amides is 2. The molecule has 0 aliphatic carbocycles. The molecular weight excluding hydrogens is 376 g/mol. The smallest absolute Gasteiger partial charge is 0.253 e. The minimum atomic E-state index is 0.0594. The van der Waals surface area contributed by atoms with E-state index in [1.54, 1.807) is 18.1 Å². The number of nitrogens with two attached hydrogens (primary N) is 1. The number of hydrogen-bond donors (Lipinski definition) is 1. The van der Waals surface area contributed by atoms with Crippen molar-refractivity contribution in [2.75, 3.05) is 30.8 Å². The number of benzene rings is 2. The van der Waals surface area contributed by atoms with Gasteiger partial charge in [-0.25, -0.2) is 4.98 Å². The molecule has 2 aliphatic rings. The molecule has 2 N–H and O–H groups in total. The zero-order chi connectivity index (χ0) is 21.0. The van der Waals surface area contributed by atoms with Gasteiger partial charge in [0.05, 0.1) is 6.42 Å². The summed E-state index contributed by atoms with van der Waals surface area (Å²) in [6.07, 6.45) is 3.26. The van der Waals surface area contributed by atoms with Crippen molar-refractivity contribution in [2.24, 2.45) is 5.92 Å². The molecule has 152 valence electrons. The highest BCUT2D eigenvalue weighted by Crippen LogP contribution is 2.36. The molecule has 0 bridgehead atoms. The lowest BCUT2D eigenvalue weighted by Crippen LogP contribution is -2.49. The van der Waals surface area contributed by atoms with E-state index in [0.29, 0.717) is 23.7 Å². The van der Waals surface area contributed by atoms with Crippen molar-refractivity contribution < 1.29 is 9.59 Å². The van der Waals surface area contributed by atoms with Gasteiger partial charge < -0.3 is 15.5 Å². The Morgan fingerprint density at radius 1 is 1.17 bits per heavy atom. The van der Waals surface area contributed by atoms with E-state index >= 15 is 0 Å². The SMILES string of the molecule is CCC1CN(C(=O)c2ccc3c(N)ncc(-c4ccc5c(c4)CC(=O)N5C)c3c2)C1. The summed E-state index contributed by atoms with van der Waals surface area (Å²) >= 11 is 0. The van der Waals surface area contributed by atoms with Crippen molar-refractivity contribution >= 4 is 34.1 Å². The lowest BCUT2D eigenvalue weighted by Gasteiger charge is -2.39. The summed E-state index contributed by atoms with van der Waals surface area (Å²) in [5, 5.41) is 1.73. The van der Waals surface area contributed by atoms with Crippen LogP contribution in [-0.2, 0) is 11.2 Å². The monoisotopic (exact) mass is 400 g/mol. The highest BCUT2D eigenvalue weighted by Gasteiger charge is 2.30. The predicted molar refractivity (Wildman–Crippen MR) is 118 cm³/mol. The molecule has 3 heterocycles. The molecule has 6 nitrogen and oxygen atoms in total. The number of nitrogen functional groups attached to an aromatic ring is 1. The number of aromatic nitrogens is 1. The van der Waals surface area contributed by atoms with Crippen molar-refractivity contribution in [3.05, 3.63) is 53.7 Å². The summed E-state index contributed by atoms with van der Waals surface area (Å²) < 4.78 is 0. The van der Waals surface area contributed by atoms with E-state index in [2.05, 4.69) is 11.9 Å². The molecule has 0 radical (unpaired) electrons. The van der Waals surface area contributed by atoms with Crippen LogP contribution in [0.1, 0.15) is 29.3 Å². The summed E-state index contributed by atoms with van der Waals surface area (Å²) in [6.45, 7) is 3.81. The van der Waals surface area contributed by atoms with Crippen LogP contribution in [0.4, 0.5) is 11.5 Å². The minimum absolute atomic E-state index is 0.0594. The number of hydrogen-bond acceptors (Lipinski definition) is 4. The highest BCUT2D eigenvalue weighted by molar-refractivity contribution is 6.07. The Hall–Kier alpha value is -3.41. The van der Waals surface area contributed by atoms with Gasteiger partial charge in [-0.1, -0.05) is 13.0 Å². The number of carbonyl (C=O) groups excluding carboxylic acids is 2. The largest absolute Gasteiger partial charge is 0.383 e. The first-order valence-corrected chi connectivity index (χ1v) is 10.3. The van der Waals surface area contributed by atoms with Crippen LogP contribution in [0.2, 0.25) is 0 Å². The average Bonchev–Trinajstić information content (AvgIpc) is 3.00. The number of pyridine rings is 1. The molecule has 0 atom stereocenters. The molecular formula is C24H24N4O2. The number of likely N-dealkylation sites (N-methyl/N-ethyl adjacent to an activating group) is 1. The average molecular weight is 400 g/mol.